The second-order valence-corrected chi connectivity index (χ2v) is 12.5. The van der Waals surface area contributed by atoms with Gasteiger partial charge in [-0.1, -0.05) is 146 Å². The molecule has 0 bridgehead atoms. The molecule has 9 aromatic carbocycles. The first-order valence-corrected chi connectivity index (χ1v) is 16.3. The lowest BCUT2D eigenvalue weighted by atomic mass is 9.94. The lowest BCUT2D eigenvalue weighted by molar-refractivity contribution is 1.19. The van der Waals surface area contributed by atoms with Crippen LogP contribution in [0.4, 0.5) is 0 Å². The lowest BCUT2D eigenvalue weighted by Gasteiger charge is -2.14. The maximum absolute atomic E-state index is 2.43. The Hall–Kier alpha value is -6.18. The third-order valence-corrected chi connectivity index (χ3v) is 9.98. The molecule has 0 aliphatic heterocycles. The minimum atomic E-state index is 1.18. The van der Waals surface area contributed by atoms with E-state index in [0.29, 0.717) is 0 Å². The van der Waals surface area contributed by atoms with E-state index in [1.807, 2.05) is 0 Å². The molecular weight excluding hydrogens is 567 g/mol. The van der Waals surface area contributed by atoms with Crippen molar-refractivity contribution in [1.29, 1.82) is 0 Å². The predicted molar refractivity (Wildman–Crippen MR) is 202 cm³/mol. The maximum Gasteiger partial charge on any atom is 0.0541 e. The molecular formula is C46H29N. The summed E-state index contributed by atoms with van der Waals surface area (Å²) in [5.41, 5.74) is 8.56. The monoisotopic (exact) mass is 595 g/mol. The minimum absolute atomic E-state index is 1.18. The molecule has 0 saturated heterocycles. The van der Waals surface area contributed by atoms with Crippen LogP contribution in [0.15, 0.2) is 176 Å². The van der Waals surface area contributed by atoms with Crippen LogP contribution in [0.1, 0.15) is 0 Å². The summed E-state index contributed by atoms with van der Waals surface area (Å²) in [5.74, 6) is 0. The van der Waals surface area contributed by atoms with E-state index >= 15 is 0 Å². The van der Waals surface area contributed by atoms with Gasteiger partial charge >= 0.3 is 0 Å². The summed E-state index contributed by atoms with van der Waals surface area (Å²) in [6.07, 6.45) is 0. The van der Waals surface area contributed by atoms with Gasteiger partial charge in [-0.15, -0.1) is 0 Å². The molecule has 0 atom stereocenters. The van der Waals surface area contributed by atoms with Gasteiger partial charge in [0.05, 0.1) is 11.0 Å². The molecule has 1 heterocycles. The molecule has 47 heavy (non-hydrogen) atoms. The molecule has 0 spiro atoms. The summed E-state index contributed by atoms with van der Waals surface area (Å²) >= 11 is 0. The highest BCUT2D eigenvalue weighted by atomic mass is 15.0. The first kappa shape index (κ1) is 26.1. The van der Waals surface area contributed by atoms with E-state index in [1.54, 1.807) is 0 Å². The van der Waals surface area contributed by atoms with Crippen LogP contribution in [0.25, 0.3) is 92.8 Å². The second-order valence-electron chi connectivity index (χ2n) is 12.5. The molecule has 1 heteroatoms. The van der Waals surface area contributed by atoms with Crippen molar-refractivity contribution in [3.8, 4) is 27.9 Å². The fourth-order valence-electron chi connectivity index (χ4n) is 7.78. The van der Waals surface area contributed by atoms with Crippen molar-refractivity contribution >= 4 is 64.9 Å². The molecule has 10 rings (SSSR count). The number of nitrogens with zero attached hydrogens (tertiary/aromatic N) is 1. The normalized spacial score (nSPS) is 11.8. The zero-order valence-electron chi connectivity index (χ0n) is 25.7. The average Bonchev–Trinajstić information content (AvgIpc) is 3.48. The minimum Gasteiger partial charge on any atom is -0.309 e. The maximum atomic E-state index is 2.43. The highest BCUT2D eigenvalue weighted by Crippen LogP contribution is 2.39. The molecule has 0 saturated carbocycles. The van der Waals surface area contributed by atoms with E-state index in [1.165, 1.54) is 92.8 Å². The molecule has 218 valence electrons. The Balaban J connectivity index is 1.13. The SMILES string of the molecule is c1ccc2c(-c3ccc(-c4ccc5c(c4)c4ccccc4n5-c4ccc5c6ccccc6c6ccccc6c5c4)cc3)cccc2c1. The van der Waals surface area contributed by atoms with Crippen LogP contribution in [-0.2, 0) is 0 Å². The van der Waals surface area contributed by atoms with Crippen molar-refractivity contribution in [1.82, 2.24) is 4.57 Å². The highest BCUT2D eigenvalue weighted by molar-refractivity contribution is 6.25. The number of benzene rings is 9. The van der Waals surface area contributed by atoms with E-state index < -0.39 is 0 Å². The van der Waals surface area contributed by atoms with Gasteiger partial charge in [0.25, 0.3) is 0 Å². The van der Waals surface area contributed by atoms with Crippen LogP contribution < -0.4 is 0 Å². The van der Waals surface area contributed by atoms with Crippen molar-refractivity contribution in [3.63, 3.8) is 0 Å². The van der Waals surface area contributed by atoms with E-state index in [2.05, 4.69) is 180 Å². The summed E-state index contributed by atoms with van der Waals surface area (Å²) in [6.45, 7) is 0. The fourth-order valence-corrected chi connectivity index (χ4v) is 7.78. The fraction of sp³-hybridized carbons (Fsp3) is 0. The van der Waals surface area contributed by atoms with Crippen molar-refractivity contribution in [2.24, 2.45) is 0 Å². The highest BCUT2D eigenvalue weighted by Gasteiger charge is 2.15. The summed E-state index contributed by atoms with van der Waals surface area (Å²) in [4.78, 5) is 0. The number of hydrogen-bond acceptors (Lipinski definition) is 0. The van der Waals surface area contributed by atoms with Gasteiger partial charge in [-0.25, -0.2) is 0 Å². The average molecular weight is 596 g/mol. The number of aromatic nitrogens is 1. The molecule has 1 aromatic heterocycles. The van der Waals surface area contributed by atoms with Crippen molar-refractivity contribution < 1.29 is 0 Å². The number of hydrogen-bond donors (Lipinski definition) is 0. The van der Waals surface area contributed by atoms with Crippen molar-refractivity contribution in [2.75, 3.05) is 0 Å². The molecule has 1 nitrogen and oxygen atoms in total. The van der Waals surface area contributed by atoms with Gasteiger partial charge in [-0.3, -0.25) is 0 Å². The summed E-state index contributed by atoms with van der Waals surface area (Å²) in [5, 5.41) is 12.8. The van der Waals surface area contributed by atoms with Gasteiger partial charge in [-0.05, 0) is 95.7 Å². The number of para-hydroxylation sites is 1. The Labute approximate surface area is 272 Å². The number of rotatable bonds is 3. The Kier molecular flexibility index (Phi) is 5.64. The van der Waals surface area contributed by atoms with Crippen LogP contribution in [-0.4, -0.2) is 4.57 Å². The van der Waals surface area contributed by atoms with Gasteiger partial charge in [0.2, 0.25) is 0 Å². The largest absolute Gasteiger partial charge is 0.309 e. The van der Waals surface area contributed by atoms with E-state index in [4.69, 9.17) is 0 Å². The summed E-state index contributed by atoms with van der Waals surface area (Å²) in [6, 6.07) is 64.5. The summed E-state index contributed by atoms with van der Waals surface area (Å²) < 4.78 is 2.43. The van der Waals surface area contributed by atoms with Gasteiger partial charge in [0, 0.05) is 16.5 Å². The third kappa shape index (κ3) is 3.97. The third-order valence-electron chi connectivity index (χ3n) is 9.98. The van der Waals surface area contributed by atoms with Gasteiger partial charge in [0.1, 0.15) is 0 Å². The van der Waals surface area contributed by atoms with Crippen LogP contribution in [0.3, 0.4) is 0 Å². The molecule has 10 aromatic rings. The Bertz CT molecular complexity index is 2790. The second kappa shape index (κ2) is 10.2. The van der Waals surface area contributed by atoms with Crippen molar-refractivity contribution in [2.45, 2.75) is 0 Å². The van der Waals surface area contributed by atoms with E-state index in [-0.39, 0.29) is 0 Å². The topological polar surface area (TPSA) is 4.93 Å². The standard InChI is InChI=1S/C46H29N/c1-2-12-35-31(10-1)11-9-18-36(35)32-22-20-30(21-23-32)33-24-27-46-44(28-33)42-17-7-8-19-45(42)47(46)34-25-26-41-39-15-4-3-13-37(39)38-14-5-6-16-40(38)43(41)29-34/h1-29H. The van der Waals surface area contributed by atoms with E-state index in [0.717, 1.165) is 0 Å². The van der Waals surface area contributed by atoms with Crippen LogP contribution >= 0.6 is 0 Å². The molecule has 0 aliphatic carbocycles. The molecule has 0 N–H and O–H groups in total. The van der Waals surface area contributed by atoms with Crippen LogP contribution in [0, 0.1) is 0 Å². The van der Waals surface area contributed by atoms with Gasteiger partial charge < -0.3 is 4.57 Å². The summed E-state index contributed by atoms with van der Waals surface area (Å²) in [7, 11) is 0. The molecule has 0 fully saturated rings. The van der Waals surface area contributed by atoms with Crippen LogP contribution in [0.2, 0.25) is 0 Å². The Morgan fingerprint density at radius 3 is 1.55 bits per heavy atom. The predicted octanol–water partition coefficient (Wildman–Crippen LogP) is 12.7. The first-order chi connectivity index (χ1) is 23.3. The zero-order valence-corrected chi connectivity index (χ0v) is 25.7. The molecule has 0 aliphatic rings. The van der Waals surface area contributed by atoms with Gasteiger partial charge in [0.15, 0.2) is 0 Å². The smallest absolute Gasteiger partial charge is 0.0541 e. The van der Waals surface area contributed by atoms with Gasteiger partial charge in [-0.2, -0.15) is 0 Å². The zero-order chi connectivity index (χ0) is 30.9. The van der Waals surface area contributed by atoms with E-state index in [9.17, 15) is 0 Å². The Morgan fingerprint density at radius 2 is 0.809 bits per heavy atom. The molecule has 0 amide bonds. The number of fused-ring (bicyclic) bond motifs is 10. The van der Waals surface area contributed by atoms with Crippen LogP contribution in [0.5, 0.6) is 0 Å². The first-order valence-electron chi connectivity index (χ1n) is 16.3. The Morgan fingerprint density at radius 1 is 0.277 bits per heavy atom. The molecule has 0 unspecified atom stereocenters. The quantitative estimate of drug-likeness (QED) is 0.179. The van der Waals surface area contributed by atoms with Crippen molar-refractivity contribution in [3.05, 3.63) is 176 Å². The lowest BCUT2D eigenvalue weighted by Crippen LogP contribution is -1.94. The molecule has 0 radical (unpaired) electrons.